The molecule has 20 heavy (non-hydrogen) atoms. The van der Waals surface area contributed by atoms with Crippen LogP contribution >= 0.6 is 12.2 Å². The van der Waals surface area contributed by atoms with Crippen LogP contribution < -0.4 is 5.73 Å². The predicted octanol–water partition coefficient (Wildman–Crippen LogP) is 3.48. The monoisotopic (exact) mass is 288 g/mol. The van der Waals surface area contributed by atoms with Crippen LogP contribution in [0.15, 0.2) is 24.3 Å². The molecule has 0 unspecified atom stereocenters. The molecule has 0 atom stereocenters. The summed E-state index contributed by atoms with van der Waals surface area (Å²) in [5.41, 5.74) is 8.85. The molecule has 1 aliphatic heterocycles. The molecule has 1 spiro atoms. The minimum Gasteiger partial charge on any atom is -0.389 e. The van der Waals surface area contributed by atoms with E-state index in [0.717, 1.165) is 12.1 Å². The van der Waals surface area contributed by atoms with Crippen molar-refractivity contribution in [3.05, 3.63) is 35.4 Å². The molecule has 2 fully saturated rings. The second-order valence-electron chi connectivity index (χ2n) is 6.50. The van der Waals surface area contributed by atoms with Gasteiger partial charge in [-0.05, 0) is 49.8 Å². The minimum absolute atomic E-state index is 0.518. The van der Waals surface area contributed by atoms with Gasteiger partial charge in [-0.2, -0.15) is 0 Å². The summed E-state index contributed by atoms with van der Waals surface area (Å²) in [6.45, 7) is 3.45. The summed E-state index contributed by atoms with van der Waals surface area (Å²) in [6, 6.07) is 8.30. The third kappa shape index (κ3) is 2.89. The molecule has 2 aliphatic rings. The van der Waals surface area contributed by atoms with Gasteiger partial charge in [0.25, 0.3) is 0 Å². The van der Waals surface area contributed by atoms with Gasteiger partial charge in [-0.25, -0.2) is 0 Å². The van der Waals surface area contributed by atoms with E-state index < -0.39 is 0 Å². The van der Waals surface area contributed by atoms with Gasteiger partial charge in [0.1, 0.15) is 4.99 Å². The lowest BCUT2D eigenvalue weighted by molar-refractivity contribution is 0.103. The summed E-state index contributed by atoms with van der Waals surface area (Å²) in [7, 11) is 0. The van der Waals surface area contributed by atoms with Crippen LogP contribution in [0.5, 0.6) is 0 Å². The molecule has 0 aromatic heterocycles. The van der Waals surface area contributed by atoms with Crippen molar-refractivity contribution in [2.24, 2.45) is 11.1 Å². The molecule has 1 aromatic rings. The Morgan fingerprint density at radius 1 is 1.10 bits per heavy atom. The molecule has 0 radical (unpaired) electrons. The van der Waals surface area contributed by atoms with Crippen molar-refractivity contribution in [1.82, 2.24) is 4.90 Å². The number of nitrogens with two attached hydrogens (primary N) is 1. The number of likely N-dealkylation sites (tertiary alicyclic amines) is 1. The van der Waals surface area contributed by atoms with Crippen LogP contribution in [0.4, 0.5) is 0 Å². The fourth-order valence-electron chi connectivity index (χ4n) is 3.95. The summed E-state index contributed by atoms with van der Waals surface area (Å²) in [4.78, 5) is 3.09. The molecule has 2 N–H and O–H groups in total. The molecule has 0 amide bonds. The fraction of sp³-hybridized carbons (Fsp3) is 0.588. The Bertz CT molecular complexity index is 482. The highest BCUT2D eigenvalue weighted by atomic mass is 32.1. The number of hydrogen-bond acceptors (Lipinski definition) is 2. The SMILES string of the molecule is NC(=S)c1ccccc1CN1CCC2(CCCC2)CC1. The van der Waals surface area contributed by atoms with Gasteiger partial charge in [0.2, 0.25) is 0 Å². The lowest BCUT2D eigenvalue weighted by Gasteiger charge is -2.39. The minimum atomic E-state index is 0.518. The first kappa shape index (κ1) is 14.0. The maximum absolute atomic E-state index is 5.83. The molecule has 2 nitrogen and oxygen atoms in total. The Labute approximate surface area is 127 Å². The highest BCUT2D eigenvalue weighted by molar-refractivity contribution is 7.80. The van der Waals surface area contributed by atoms with E-state index >= 15 is 0 Å². The van der Waals surface area contributed by atoms with E-state index in [9.17, 15) is 0 Å². The van der Waals surface area contributed by atoms with E-state index in [0.29, 0.717) is 10.4 Å². The van der Waals surface area contributed by atoms with Crippen LogP contribution in [-0.2, 0) is 6.54 Å². The zero-order valence-corrected chi connectivity index (χ0v) is 12.9. The van der Waals surface area contributed by atoms with Gasteiger partial charge < -0.3 is 5.73 Å². The van der Waals surface area contributed by atoms with E-state index in [2.05, 4.69) is 17.0 Å². The molecule has 3 heteroatoms. The highest BCUT2D eigenvalue weighted by Gasteiger charge is 2.36. The Morgan fingerprint density at radius 2 is 1.75 bits per heavy atom. The van der Waals surface area contributed by atoms with Gasteiger partial charge in [0.05, 0.1) is 0 Å². The van der Waals surface area contributed by atoms with Crippen LogP contribution in [0.1, 0.15) is 49.7 Å². The van der Waals surface area contributed by atoms with E-state index in [-0.39, 0.29) is 0 Å². The number of benzene rings is 1. The van der Waals surface area contributed by atoms with E-state index in [4.69, 9.17) is 18.0 Å². The lowest BCUT2D eigenvalue weighted by Crippen LogP contribution is -2.38. The number of nitrogens with zero attached hydrogens (tertiary/aromatic N) is 1. The quantitative estimate of drug-likeness (QED) is 0.864. The highest BCUT2D eigenvalue weighted by Crippen LogP contribution is 2.46. The number of piperidine rings is 1. The molecule has 108 valence electrons. The van der Waals surface area contributed by atoms with Crippen molar-refractivity contribution in [1.29, 1.82) is 0 Å². The largest absolute Gasteiger partial charge is 0.389 e. The van der Waals surface area contributed by atoms with Crippen molar-refractivity contribution >= 4 is 17.2 Å². The standard InChI is InChI=1S/C17H24N2S/c18-16(20)15-6-2-1-5-14(15)13-19-11-9-17(10-12-19)7-3-4-8-17/h1-2,5-6H,3-4,7-13H2,(H2,18,20). The zero-order valence-electron chi connectivity index (χ0n) is 12.1. The number of thiocarbonyl (C=S) groups is 1. The molecule has 3 rings (SSSR count). The molecule has 1 aromatic carbocycles. The van der Waals surface area contributed by atoms with Crippen LogP contribution in [0, 0.1) is 5.41 Å². The van der Waals surface area contributed by atoms with Crippen molar-refractivity contribution in [2.75, 3.05) is 13.1 Å². The van der Waals surface area contributed by atoms with Crippen LogP contribution in [0.3, 0.4) is 0 Å². The molecule has 1 saturated carbocycles. The maximum atomic E-state index is 5.83. The van der Waals surface area contributed by atoms with Crippen LogP contribution in [-0.4, -0.2) is 23.0 Å². The van der Waals surface area contributed by atoms with E-state index in [1.807, 2.05) is 12.1 Å². The second-order valence-corrected chi connectivity index (χ2v) is 6.94. The Morgan fingerprint density at radius 3 is 2.40 bits per heavy atom. The topological polar surface area (TPSA) is 29.3 Å². The first-order chi connectivity index (χ1) is 9.69. The van der Waals surface area contributed by atoms with Gasteiger partial charge in [-0.3, -0.25) is 4.90 Å². The molecular formula is C17H24N2S. The van der Waals surface area contributed by atoms with Crippen molar-refractivity contribution in [2.45, 2.75) is 45.1 Å². The Kier molecular flexibility index (Phi) is 4.08. The van der Waals surface area contributed by atoms with Gasteiger partial charge >= 0.3 is 0 Å². The summed E-state index contributed by atoms with van der Waals surface area (Å²) in [5, 5.41) is 0. The van der Waals surface area contributed by atoms with Gasteiger partial charge in [-0.1, -0.05) is 49.3 Å². The average Bonchev–Trinajstić information content (AvgIpc) is 2.90. The maximum Gasteiger partial charge on any atom is 0.104 e. The summed E-state index contributed by atoms with van der Waals surface area (Å²) in [5.74, 6) is 0. The normalized spacial score (nSPS) is 22.2. The summed E-state index contributed by atoms with van der Waals surface area (Å²) in [6.07, 6.45) is 8.58. The molecule has 0 bridgehead atoms. The molecular weight excluding hydrogens is 264 g/mol. The third-order valence-corrected chi connectivity index (χ3v) is 5.48. The zero-order chi connectivity index (χ0) is 14.0. The van der Waals surface area contributed by atoms with Gasteiger partial charge in [0.15, 0.2) is 0 Å². The molecule has 1 heterocycles. The smallest absolute Gasteiger partial charge is 0.104 e. The van der Waals surface area contributed by atoms with Gasteiger partial charge in [0, 0.05) is 12.1 Å². The van der Waals surface area contributed by atoms with Crippen molar-refractivity contribution in [3.8, 4) is 0 Å². The Balaban J connectivity index is 1.64. The van der Waals surface area contributed by atoms with Crippen molar-refractivity contribution in [3.63, 3.8) is 0 Å². The number of rotatable bonds is 3. The van der Waals surface area contributed by atoms with E-state index in [1.165, 1.54) is 57.2 Å². The fourth-order valence-corrected chi connectivity index (χ4v) is 4.15. The Hall–Kier alpha value is -0.930. The number of hydrogen-bond donors (Lipinski definition) is 1. The van der Waals surface area contributed by atoms with Crippen LogP contribution in [0.25, 0.3) is 0 Å². The average molecular weight is 288 g/mol. The molecule has 1 aliphatic carbocycles. The first-order valence-electron chi connectivity index (χ1n) is 7.79. The summed E-state index contributed by atoms with van der Waals surface area (Å²) < 4.78 is 0. The van der Waals surface area contributed by atoms with Crippen molar-refractivity contribution < 1.29 is 0 Å². The van der Waals surface area contributed by atoms with Gasteiger partial charge in [-0.15, -0.1) is 0 Å². The second kappa shape index (κ2) is 5.82. The lowest BCUT2D eigenvalue weighted by atomic mass is 9.77. The van der Waals surface area contributed by atoms with Crippen LogP contribution in [0.2, 0.25) is 0 Å². The van der Waals surface area contributed by atoms with E-state index in [1.54, 1.807) is 0 Å². The summed E-state index contributed by atoms with van der Waals surface area (Å²) >= 11 is 5.16. The third-order valence-electron chi connectivity index (χ3n) is 5.26. The predicted molar refractivity (Wildman–Crippen MR) is 87.7 cm³/mol. The molecule has 1 saturated heterocycles. The first-order valence-corrected chi connectivity index (χ1v) is 8.19.